The lowest BCUT2D eigenvalue weighted by molar-refractivity contribution is -0.125. The Labute approximate surface area is 140 Å². The van der Waals surface area contributed by atoms with E-state index in [-0.39, 0.29) is 5.91 Å². The molecule has 6 heteroatoms. The third-order valence-electron chi connectivity index (χ3n) is 3.16. The van der Waals surface area contributed by atoms with E-state index in [1.54, 1.807) is 36.5 Å². The van der Waals surface area contributed by atoms with E-state index in [1.807, 2.05) is 36.6 Å². The second-order valence-corrected chi connectivity index (χ2v) is 5.97. The number of likely N-dealkylation sites (N-methyl/N-ethyl adjacent to an activating group) is 1. The van der Waals surface area contributed by atoms with E-state index in [0.717, 1.165) is 22.2 Å². The van der Waals surface area contributed by atoms with E-state index in [1.165, 1.54) is 6.08 Å². The van der Waals surface area contributed by atoms with Gasteiger partial charge in [0.25, 0.3) is 0 Å². The van der Waals surface area contributed by atoms with Gasteiger partial charge in [-0.2, -0.15) is 0 Å². The number of rotatable bonds is 7. The number of aromatic nitrogens is 1. The molecule has 0 spiro atoms. The Morgan fingerprint density at radius 3 is 2.61 bits per heavy atom. The van der Waals surface area contributed by atoms with Gasteiger partial charge in [0, 0.05) is 18.5 Å². The molecule has 1 amide bonds. The normalized spacial score (nSPS) is 10.7. The van der Waals surface area contributed by atoms with Crippen molar-refractivity contribution in [3.8, 4) is 11.5 Å². The molecule has 0 bridgehead atoms. The number of thiazole rings is 1. The Hall–Kier alpha value is -2.34. The van der Waals surface area contributed by atoms with Gasteiger partial charge in [-0.25, -0.2) is 4.98 Å². The Bertz CT molecular complexity index is 665. The first-order valence-electron chi connectivity index (χ1n) is 7.20. The number of aryl methyl sites for hydroxylation is 1. The first-order valence-corrected chi connectivity index (χ1v) is 8.08. The SMILES string of the molecule is COc1ccc(OCCN(C)C(=O)/C=C/c2csc(C)n2)cc1. The van der Waals surface area contributed by atoms with Gasteiger partial charge in [0.2, 0.25) is 5.91 Å². The zero-order chi connectivity index (χ0) is 16.7. The van der Waals surface area contributed by atoms with Crippen LogP contribution in [0.15, 0.2) is 35.7 Å². The van der Waals surface area contributed by atoms with Gasteiger partial charge in [-0.15, -0.1) is 11.3 Å². The molecular formula is C17H20N2O3S. The predicted octanol–water partition coefficient (Wildman–Crippen LogP) is 3.01. The molecular weight excluding hydrogens is 312 g/mol. The Morgan fingerprint density at radius 2 is 2.00 bits per heavy atom. The van der Waals surface area contributed by atoms with Crippen molar-refractivity contribution in [2.24, 2.45) is 0 Å². The molecule has 1 heterocycles. The van der Waals surface area contributed by atoms with Crippen molar-refractivity contribution in [2.75, 3.05) is 27.3 Å². The van der Waals surface area contributed by atoms with Crippen molar-refractivity contribution in [1.82, 2.24) is 9.88 Å². The van der Waals surface area contributed by atoms with Gasteiger partial charge in [0.1, 0.15) is 18.1 Å². The zero-order valence-electron chi connectivity index (χ0n) is 13.5. The van der Waals surface area contributed by atoms with Crippen LogP contribution in [0.5, 0.6) is 11.5 Å². The van der Waals surface area contributed by atoms with Crippen LogP contribution in [0, 0.1) is 6.92 Å². The van der Waals surface area contributed by atoms with Crippen LogP contribution < -0.4 is 9.47 Å². The highest BCUT2D eigenvalue weighted by Gasteiger charge is 2.05. The fourth-order valence-corrected chi connectivity index (χ4v) is 2.40. The lowest BCUT2D eigenvalue weighted by atomic mass is 10.3. The van der Waals surface area contributed by atoms with E-state index in [2.05, 4.69) is 4.98 Å². The van der Waals surface area contributed by atoms with Crippen molar-refractivity contribution in [3.05, 3.63) is 46.4 Å². The molecule has 0 saturated carbocycles. The van der Waals surface area contributed by atoms with E-state index in [4.69, 9.17) is 9.47 Å². The number of carbonyl (C=O) groups excluding carboxylic acids is 1. The highest BCUT2D eigenvalue weighted by atomic mass is 32.1. The van der Waals surface area contributed by atoms with Crippen LogP contribution in [0.3, 0.4) is 0 Å². The number of amides is 1. The number of nitrogens with zero attached hydrogens (tertiary/aromatic N) is 2. The molecule has 0 aliphatic rings. The topological polar surface area (TPSA) is 51.7 Å². The summed E-state index contributed by atoms with van der Waals surface area (Å²) >= 11 is 1.56. The summed E-state index contributed by atoms with van der Waals surface area (Å²) in [7, 11) is 3.37. The van der Waals surface area contributed by atoms with Crippen LogP contribution in [0.1, 0.15) is 10.7 Å². The van der Waals surface area contributed by atoms with Crippen molar-refractivity contribution in [1.29, 1.82) is 0 Å². The average Bonchev–Trinajstić information content (AvgIpc) is 2.98. The van der Waals surface area contributed by atoms with Gasteiger partial charge in [0.05, 0.1) is 24.4 Å². The highest BCUT2D eigenvalue weighted by Crippen LogP contribution is 2.16. The van der Waals surface area contributed by atoms with Crippen molar-refractivity contribution in [2.45, 2.75) is 6.92 Å². The second-order valence-electron chi connectivity index (χ2n) is 4.91. The van der Waals surface area contributed by atoms with Crippen LogP contribution in [0.2, 0.25) is 0 Å². The minimum Gasteiger partial charge on any atom is -0.497 e. The van der Waals surface area contributed by atoms with Gasteiger partial charge in [-0.1, -0.05) is 0 Å². The van der Waals surface area contributed by atoms with Crippen LogP contribution in [0.25, 0.3) is 6.08 Å². The number of methoxy groups -OCH3 is 1. The van der Waals surface area contributed by atoms with Gasteiger partial charge in [-0.3, -0.25) is 4.79 Å². The van der Waals surface area contributed by atoms with Crippen molar-refractivity contribution >= 4 is 23.3 Å². The first kappa shape index (κ1) is 17.0. The molecule has 5 nitrogen and oxygen atoms in total. The third-order valence-corrected chi connectivity index (χ3v) is 3.96. The Kier molecular flexibility index (Phi) is 6.17. The Morgan fingerprint density at radius 1 is 1.30 bits per heavy atom. The van der Waals surface area contributed by atoms with Gasteiger partial charge >= 0.3 is 0 Å². The molecule has 2 rings (SSSR count). The van der Waals surface area contributed by atoms with E-state index >= 15 is 0 Å². The molecule has 0 saturated heterocycles. The summed E-state index contributed by atoms with van der Waals surface area (Å²) in [5, 5.41) is 2.91. The predicted molar refractivity (Wildman–Crippen MR) is 92.0 cm³/mol. The van der Waals surface area contributed by atoms with Gasteiger partial charge in [-0.05, 0) is 37.3 Å². The maximum absolute atomic E-state index is 12.0. The molecule has 0 aliphatic heterocycles. The summed E-state index contributed by atoms with van der Waals surface area (Å²) in [5.41, 5.74) is 0.809. The quantitative estimate of drug-likeness (QED) is 0.732. The van der Waals surface area contributed by atoms with Crippen LogP contribution in [-0.2, 0) is 4.79 Å². The maximum Gasteiger partial charge on any atom is 0.246 e. The van der Waals surface area contributed by atoms with E-state index in [0.29, 0.717) is 13.2 Å². The summed E-state index contributed by atoms with van der Waals surface area (Å²) in [6.07, 6.45) is 3.26. The molecule has 2 aromatic rings. The third kappa shape index (κ3) is 5.41. The standard InChI is InChI=1S/C17H20N2O3S/c1-13-18-14(12-23-13)4-9-17(20)19(2)10-11-22-16-7-5-15(21-3)6-8-16/h4-9,12H,10-11H2,1-3H3/b9-4+. The molecule has 122 valence electrons. The molecule has 0 unspecified atom stereocenters. The van der Waals surface area contributed by atoms with Gasteiger partial charge < -0.3 is 14.4 Å². The first-order chi connectivity index (χ1) is 11.1. The molecule has 0 fully saturated rings. The highest BCUT2D eigenvalue weighted by molar-refractivity contribution is 7.09. The van der Waals surface area contributed by atoms with E-state index in [9.17, 15) is 4.79 Å². The second kappa shape index (κ2) is 8.33. The summed E-state index contributed by atoms with van der Waals surface area (Å²) in [6, 6.07) is 7.35. The molecule has 0 atom stereocenters. The average molecular weight is 332 g/mol. The number of ether oxygens (including phenoxy) is 2. The number of carbonyl (C=O) groups is 1. The lowest BCUT2D eigenvalue weighted by Crippen LogP contribution is -2.29. The zero-order valence-corrected chi connectivity index (χ0v) is 14.3. The minimum absolute atomic E-state index is 0.0750. The molecule has 1 aromatic heterocycles. The van der Waals surface area contributed by atoms with Crippen LogP contribution in [0.4, 0.5) is 0 Å². The fraction of sp³-hybridized carbons (Fsp3) is 0.294. The molecule has 0 N–H and O–H groups in total. The van der Waals surface area contributed by atoms with Crippen molar-refractivity contribution in [3.63, 3.8) is 0 Å². The summed E-state index contributed by atoms with van der Waals surface area (Å²) in [4.78, 5) is 17.9. The lowest BCUT2D eigenvalue weighted by Gasteiger charge is -2.15. The summed E-state index contributed by atoms with van der Waals surface area (Å²) < 4.78 is 10.7. The largest absolute Gasteiger partial charge is 0.497 e. The van der Waals surface area contributed by atoms with E-state index < -0.39 is 0 Å². The molecule has 0 aliphatic carbocycles. The number of hydrogen-bond donors (Lipinski definition) is 0. The fourth-order valence-electron chi connectivity index (χ4n) is 1.82. The van der Waals surface area contributed by atoms with Crippen LogP contribution in [-0.4, -0.2) is 43.1 Å². The minimum atomic E-state index is -0.0750. The molecule has 0 radical (unpaired) electrons. The van der Waals surface area contributed by atoms with Crippen LogP contribution >= 0.6 is 11.3 Å². The van der Waals surface area contributed by atoms with Gasteiger partial charge in [0.15, 0.2) is 0 Å². The summed E-state index contributed by atoms with van der Waals surface area (Å²) in [6.45, 7) is 2.87. The smallest absolute Gasteiger partial charge is 0.246 e. The molecule has 1 aromatic carbocycles. The number of benzene rings is 1. The Balaban J connectivity index is 1.76. The maximum atomic E-state index is 12.0. The number of hydrogen-bond acceptors (Lipinski definition) is 5. The monoisotopic (exact) mass is 332 g/mol. The molecule has 23 heavy (non-hydrogen) atoms. The summed E-state index contributed by atoms with van der Waals surface area (Å²) in [5.74, 6) is 1.46. The van der Waals surface area contributed by atoms with Crippen molar-refractivity contribution < 1.29 is 14.3 Å².